The summed E-state index contributed by atoms with van der Waals surface area (Å²) in [6.07, 6.45) is 6.88. The minimum Gasteiger partial charge on any atom is -0.511 e. The van der Waals surface area contributed by atoms with Gasteiger partial charge in [0.15, 0.2) is 5.69 Å². The molecule has 0 spiro atoms. The van der Waals surface area contributed by atoms with Crippen molar-refractivity contribution in [3.63, 3.8) is 0 Å². The van der Waals surface area contributed by atoms with Gasteiger partial charge in [-0.05, 0) is 36.0 Å². The Morgan fingerprint density at radius 1 is 0.650 bits per heavy atom. The number of phenolic OH excluding ortho intramolecular Hbond substituents is 1. The number of aromatic hydroxyl groups is 1. The Balaban J connectivity index is 0.00000289. The van der Waals surface area contributed by atoms with E-state index in [-0.39, 0.29) is 26.8 Å². The Kier molecular flexibility index (Phi) is 6.51. The molecule has 2 aromatic heterocycles. The Bertz CT molecular complexity index is 2050. The van der Waals surface area contributed by atoms with Crippen molar-refractivity contribution in [2.75, 3.05) is 0 Å². The zero-order valence-electron chi connectivity index (χ0n) is 21.0. The summed E-state index contributed by atoms with van der Waals surface area (Å²) < 4.78 is 7.72. The summed E-state index contributed by atoms with van der Waals surface area (Å²) in [6, 6.07) is 40.4. The molecule has 0 bridgehead atoms. The number of imidazole rings is 2. The maximum absolute atomic E-state index is 10.6. The molecule has 0 aliphatic rings. The summed E-state index contributed by atoms with van der Waals surface area (Å²) in [7, 11) is 0. The van der Waals surface area contributed by atoms with Gasteiger partial charge in [-0.15, -0.1) is 0 Å². The number of benzene rings is 5. The molecule has 5 aromatic carbocycles. The molecular weight excluding hydrogens is 677 g/mol. The standard InChI is InChI=1S/C33H20N5O.Pt/c1-34-24-18-19-30-32(20-24)37(23-38(30)31-16-7-8-17-33(31)39)27-13-9-12-26(21-27)36-22-35(25-10-3-2-4-11-25)28-14-5-6-15-29(28)36;/h2-20,39H;/q-1;. The summed E-state index contributed by atoms with van der Waals surface area (Å²) >= 11 is 0. The maximum atomic E-state index is 10.6. The number of para-hydroxylation sites is 5. The smallest absolute Gasteiger partial charge is 0.268 e. The Labute approximate surface area is 245 Å². The molecule has 194 valence electrons. The van der Waals surface area contributed by atoms with E-state index in [2.05, 4.69) is 47.8 Å². The van der Waals surface area contributed by atoms with E-state index >= 15 is 0 Å². The first-order valence-electron chi connectivity index (χ1n) is 12.4. The fourth-order valence-corrected chi connectivity index (χ4v) is 4.89. The third-order valence-electron chi connectivity index (χ3n) is 6.72. The van der Waals surface area contributed by atoms with Crippen LogP contribution in [0.25, 0.3) is 49.7 Å². The molecule has 7 heteroatoms. The molecule has 0 atom stereocenters. The summed E-state index contributed by atoms with van der Waals surface area (Å²) in [5.74, 6) is 0.142. The number of fused-ring (bicyclic) bond motifs is 2. The first-order chi connectivity index (χ1) is 19.2. The van der Waals surface area contributed by atoms with Crippen molar-refractivity contribution in [3.8, 4) is 28.5 Å². The van der Waals surface area contributed by atoms with Gasteiger partial charge < -0.3 is 14.2 Å². The van der Waals surface area contributed by atoms with Crippen LogP contribution in [0.15, 0.2) is 115 Å². The molecular formula is C33H20N5OPt-. The first-order valence-corrected chi connectivity index (χ1v) is 12.4. The summed E-state index contributed by atoms with van der Waals surface area (Å²) in [6.45, 7) is 7.54. The van der Waals surface area contributed by atoms with E-state index in [4.69, 9.17) is 6.57 Å². The van der Waals surface area contributed by atoms with E-state index in [0.717, 1.165) is 39.1 Å². The van der Waals surface area contributed by atoms with Gasteiger partial charge in [0.1, 0.15) is 11.4 Å². The second kappa shape index (κ2) is 10.3. The summed E-state index contributed by atoms with van der Waals surface area (Å²) in [5, 5.41) is 10.6. The Hall–Kier alpha value is -4.98. The molecule has 2 heterocycles. The number of hydrogen-bond acceptors (Lipinski definition) is 1. The molecule has 1 N–H and O–H groups in total. The molecule has 0 fully saturated rings. The van der Waals surface area contributed by atoms with Crippen LogP contribution in [-0.2, 0) is 21.1 Å². The third-order valence-corrected chi connectivity index (χ3v) is 6.72. The predicted octanol–water partition coefficient (Wildman–Crippen LogP) is 5.78. The zero-order valence-corrected chi connectivity index (χ0v) is 23.2. The number of rotatable bonds is 4. The zero-order chi connectivity index (χ0) is 26.3. The van der Waals surface area contributed by atoms with Crippen LogP contribution in [-0.4, -0.2) is 14.2 Å². The predicted molar refractivity (Wildman–Crippen MR) is 148 cm³/mol. The normalized spacial score (nSPS) is 10.9. The molecule has 40 heavy (non-hydrogen) atoms. The van der Waals surface area contributed by atoms with Crippen LogP contribution in [0.3, 0.4) is 0 Å². The van der Waals surface area contributed by atoms with Crippen molar-refractivity contribution in [2.45, 2.75) is 0 Å². The summed E-state index contributed by atoms with van der Waals surface area (Å²) in [5.41, 5.74) is 7.30. The number of nitrogens with zero attached hydrogens (tertiary/aromatic N) is 5. The van der Waals surface area contributed by atoms with Gasteiger partial charge in [-0.2, -0.15) is 24.3 Å². The van der Waals surface area contributed by atoms with E-state index in [9.17, 15) is 5.11 Å². The largest absolute Gasteiger partial charge is 0.511 e. The second-order valence-electron chi connectivity index (χ2n) is 9.06. The van der Waals surface area contributed by atoms with E-state index in [0.29, 0.717) is 11.4 Å². The van der Waals surface area contributed by atoms with Crippen molar-refractivity contribution in [1.29, 1.82) is 0 Å². The molecule has 7 rings (SSSR count). The maximum Gasteiger partial charge on any atom is 0.268 e. The second-order valence-corrected chi connectivity index (χ2v) is 9.06. The minimum atomic E-state index is 0. The van der Waals surface area contributed by atoms with Crippen molar-refractivity contribution in [1.82, 2.24) is 9.13 Å². The van der Waals surface area contributed by atoms with Gasteiger partial charge in [-0.1, -0.05) is 72.4 Å². The monoisotopic (exact) mass is 697 g/mol. The van der Waals surface area contributed by atoms with Crippen LogP contribution in [0.5, 0.6) is 5.75 Å². The van der Waals surface area contributed by atoms with Crippen molar-refractivity contribution < 1.29 is 35.3 Å². The van der Waals surface area contributed by atoms with Crippen LogP contribution < -0.4 is 9.13 Å². The van der Waals surface area contributed by atoms with Crippen molar-refractivity contribution in [2.24, 2.45) is 0 Å². The summed E-state index contributed by atoms with van der Waals surface area (Å²) in [4.78, 5) is 3.63. The first kappa shape index (κ1) is 25.3. The minimum absolute atomic E-state index is 0. The van der Waals surface area contributed by atoms with Crippen molar-refractivity contribution in [3.05, 3.63) is 145 Å². The van der Waals surface area contributed by atoms with Gasteiger partial charge in [-0.3, -0.25) is 9.13 Å². The van der Waals surface area contributed by atoms with E-state index in [1.165, 1.54) is 0 Å². The topological polar surface area (TPSA) is 42.2 Å². The van der Waals surface area contributed by atoms with Crippen LogP contribution >= 0.6 is 0 Å². The van der Waals surface area contributed by atoms with Gasteiger partial charge in [-0.25, -0.2) is 4.85 Å². The number of hydrogen-bond donors (Lipinski definition) is 1. The fraction of sp³-hybridized carbons (Fsp3) is 0. The quantitative estimate of drug-likeness (QED) is 0.184. The van der Waals surface area contributed by atoms with Crippen LogP contribution in [0.2, 0.25) is 0 Å². The van der Waals surface area contributed by atoms with E-state index in [1.54, 1.807) is 22.8 Å². The van der Waals surface area contributed by atoms with Crippen LogP contribution in [0.4, 0.5) is 5.69 Å². The molecule has 0 aliphatic heterocycles. The van der Waals surface area contributed by atoms with E-state index < -0.39 is 0 Å². The van der Waals surface area contributed by atoms with Gasteiger partial charge in [0, 0.05) is 21.1 Å². The average molecular weight is 698 g/mol. The molecule has 0 saturated heterocycles. The molecule has 0 radical (unpaired) electrons. The van der Waals surface area contributed by atoms with Crippen LogP contribution in [0, 0.1) is 25.3 Å². The average Bonchev–Trinajstić information content (AvgIpc) is 3.57. The molecule has 0 unspecified atom stereocenters. The third kappa shape index (κ3) is 4.18. The Morgan fingerprint density at radius 3 is 2.08 bits per heavy atom. The van der Waals surface area contributed by atoms with E-state index in [1.807, 2.05) is 86.5 Å². The number of phenols is 1. The van der Waals surface area contributed by atoms with Gasteiger partial charge in [0.05, 0.1) is 34.3 Å². The number of aromatic nitrogens is 4. The Morgan fingerprint density at radius 2 is 1.30 bits per heavy atom. The van der Waals surface area contributed by atoms with Gasteiger partial charge in [0.25, 0.3) is 12.7 Å². The molecule has 0 saturated carbocycles. The van der Waals surface area contributed by atoms with Crippen LogP contribution in [0.1, 0.15) is 0 Å². The molecule has 6 nitrogen and oxygen atoms in total. The van der Waals surface area contributed by atoms with Gasteiger partial charge >= 0.3 is 0 Å². The van der Waals surface area contributed by atoms with Crippen molar-refractivity contribution >= 4 is 27.8 Å². The molecule has 0 amide bonds. The molecule has 7 aromatic rings. The fourth-order valence-electron chi connectivity index (χ4n) is 4.89. The molecule has 0 aliphatic carbocycles. The van der Waals surface area contributed by atoms with Gasteiger partial charge in [0.2, 0.25) is 0 Å². The SMILES string of the molecule is [C-]#[N+]c1ccc2c(c1)n(-c1[c-]c(-n3[c-][n+](-c4ccccc4)c4ccccc43)ccc1)[c-][n+]2-c1ccccc1O.[Pt].